The molecule has 1 amide bonds. The molecule has 6 nitrogen and oxygen atoms in total. The van der Waals surface area contributed by atoms with Gasteiger partial charge in [0.1, 0.15) is 0 Å². The van der Waals surface area contributed by atoms with Crippen LogP contribution in [0.3, 0.4) is 0 Å². The Morgan fingerprint density at radius 1 is 1.00 bits per heavy atom. The smallest absolute Gasteiger partial charge is 0.226 e. The van der Waals surface area contributed by atoms with Crippen LogP contribution >= 0.6 is 12.2 Å². The van der Waals surface area contributed by atoms with Gasteiger partial charge in [-0.1, -0.05) is 42.5 Å². The second kappa shape index (κ2) is 10.3. The molecule has 0 radical (unpaired) electrons. The lowest BCUT2D eigenvalue weighted by molar-refractivity contribution is -0.116. The van der Waals surface area contributed by atoms with Crippen LogP contribution in [0.25, 0.3) is 5.69 Å². The van der Waals surface area contributed by atoms with Crippen LogP contribution in [0, 0.1) is 13.8 Å². The van der Waals surface area contributed by atoms with Crippen molar-refractivity contribution in [3.05, 3.63) is 114 Å². The van der Waals surface area contributed by atoms with Crippen molar-refractivity contribution < 1.29 is 4.79 Å². The molecule has 2 atom stereocenters. The number of aromatic nitrogens is 2. The number of hydrogen-bond donors (Lipinski definition) is 2. The molecule has 1 fully saturated rings. The van der Waals surface area contributed by atoms with Crippen molar-refractivity contribution in [3.8, 4) is 5.69 Å². The molecule has 2 aromatic carbocycles. The summed E-state index contributed by atoms with van der Waals surface area (Å²) in [5.74, 6) is -0.0428. The van der Waals surface area contributed by atoms with Crippen molar-refractivity contribution in [2.45, 2.75) is 32.4 Å². The van der Waals surface area contributed by atoms with Crippen LogP contribution in [-0.2, 0) is 4.79 Å². The Morgan fingerprint density at radius 3 is 2.39 bits per heavy atom. The number of anilines is 1. The monoisotopic (exact) mass is 495 g/mol. The highest BCUT2D eigenvalue weighted by atomic mass is 32.1. The molecule has 3 heterocycles. The van der Waals surface area contributed by atoms with Crippen LogP contribution in [0.1, 0.15) is 41.1 Å². The van der Waals surface area contributed by atoms with E-state index in [9.17, 15) is 4.79 Å². The molecule has 1 aliphatic rings. The molecule has 0 unspecified atom stereocenters. The number of rotatable bonds is 7. The second-order valence-corrected chi connectivity index (χ2v) is 9.37. The van der Waals surface area contributed by atoms with Crippen LogP contribution in [-0.4, -0.2) is 32.0 Å². The van der Waals surface area contributed by atoms with Gasteiger partial charge in [0.15, 0.2) is 5.11 Å². The minimum Gasteiger partial charge on any atom is -0.352 e. The van der Waals surface area contributed by atoms with Gasteiger partial charge in [0, 0.05) is 41.9 Å². The molecule has 0 aliphatic carbocycles. The average Bonchev–Trinajstić information content (AvgIpc) is 3.38. The number of thiocarbonyl (C=S) groups is 1. The predicted octanol–water partition coefficient (Wildman–Crippen LogP) is 5.49. The number of nitrogens with zero attached hydrogens (tertiary/aromatic N) is 3. The molecule has 5 rings (SSSR count). The van der Waals surface area contributed by atoms with Crippen LogP contribution in [0.15, 0.2) is 91.1 Å². The number of aryl methyl sites for hydroxylation is 1. The standard InChI is InChI=1S/C29H29N5OS/c1-20-19-24(21(2)34(20)23-13-7-4-8-14-23)28-27(25-15-9-10-17-30-25)32-29(36)33(28)18-16-26(35)31-22-11-5-3-6-12-22/h3-15,17,19,27-28H,16,18H2,1-2H3,(H,31,35)(H,32,36)/t27-,28-/m0/s1. The van der Waals surface area contributed by atoms with Crippen LogP contribution in [0.5, 0.6) is 0 Å². The highest BCUT2D eigenvalue weighted by molar-refractivity contribution is 7.80. The van der Waals surface area contributed by atoms with Crippen molar-refractivity contribution in [1.82, 2.24) is 19.8 Å². The molecule has 0 saturated carbocycles. The van der Waals surface area contributed by atoms with E-state index in [0.29, 0.717) is 18.1 Å². The first-order chi connectivity index (χ1) is 17.5. The van der Waals surface area contributed by atoms with E-state index >= 15 is 0 Å². The fourth-order valence-electron chi connectivity index (χ4n) is 5.01. The van der Waals surface area contributed by atoms with Gasteiger partial charge in [-0.2, -0.15) is 0 Å². The number of carbonyl (C=O) groups is 1. The van der Waals surface area contributed by atoms with E-state index in [4.69, 9.17) is 12.2 Å². The summed E-state index contributed by atoms with van der Waals surface area (Å²) in [7, 11) is 0. The minimum absolute atomic E-state index is 0.0428. The number of pyridine rings is 1. The highest BCUT2D eigenvalue weighted by Crippen LogP contribution is 2.41. The van der Waals surface area contributed by atoms with Gasteiger partial charge in [0.25, 0.3) is 0 Å². The fraction of sp³-hybridized carbons (Fsp3) is 0.207. The van der Waals surface area contributed by atoms with E-state index in [-0.39, 0.29) is 18.0 Å². The minimum atomic E-state index is -0.124. The van der Waals surface area contributed by atoms with E-state index in [1.807, 2.05) is 54.6 Å². The van der Waals surface area contributed by atoms with Crippen molar-refractivity contribution in [1.29, 1.82) is 0 Å². The Morgan fingerprint density at radius 2 is 1.69 bits per heavy atom. The van der Waals surface area contributed by atoms with Gasteiger partial charge in [0.2, 0.25) is 5.91 Å². The largest absolute Gasteiger partial charge is 0.352 e. The molecule has 1 saturated heterocycles. The third-order valence-electron chi connectivity index (χ3n) is 6.64. The summed E-state index contributed by atoms with van der Waals surface area (Å²) in [5, 5.41) is 7.10. The summed E-state index contributed by atoms with van der Waals surface area (Å²) in [4.78, 5) is 19.5. The Hall–Kier alpha value is -3.97. The number of carbonyl (C=O) groups excluding carboxylic acids is 1. The normalized spacial score (nSPS) is 17.2. The van der Waals surface area contributed by atoms with Crippen molar-refractivity contribution in [3.63, 3.8) is 0 Å². The van der Waals surface area contributed by atoms with Crippen LogP contribution in [0.2, 0.25) is 0 Å². The average molecular weight is 496 g/mol. The van der Waals surface area contributed by atoms with Crippen molar-refractivity contribution in [2.75, 3.05) is 11.9 Å². The highest BCUT2D eigenvalue weighted by Gasteiger charge is 2.41. The lowest BCUT2D eigenvalue weighted by Gasteiger charge is -2.28. The van der Waals surface area contributed by atoms with E-state index < -0.39 is 0 Å². The van der Waals surface area contributed by atoms with Gasteiger partial charge in [-0.15, -0.1) is 0 Å². The summed E-state index contributed by atoms with van der Waals surface area (Å²) in [6.07, 6.45) is 2.12. The lowest BCUT2D eigenvalue weighted by Crippen LogP contribution is -2.32. The first-order valence-corrected chi connectivity index (χ1v) is 12.5. The summed E-state index contributed by atoms with van der Waals surface area (Å²) < 4.78 is 2.27. The first-order valence-electron chi connectivity index (χ1n) is 12.1. The van der Waals surface area contributed by atoms with E-state index in [1.54, 1.807) is 6.20 Å². The molecule has 4 aromatic rings. The number of amides is 1. The maximum atomic E-state index is 12.8. The van der Waals surface area contributed by atoms with Gasteiger partial charge in [-0.25, -0.2) is 0 Å². The molecule has 182 valence electrons. The summed E-state index contributed by atoms with van der Waals surface area (Å²) >= 11 is 5.80. The molecular formula is C29H29N5OS. The van der Waals surface area contributed by atoms with Gasteiger partial charge in [-0.05, 0) is 74.1 Å². The maximum Gasteiger partial charge on any atom is 0.226 e. The van der Waals surface area contributed by atoms with Crippen LogP contribution < -0.4 is 10.6 Å². The Bertz CT molecular complexity index is 1350. The van der Waals surface area contributed by atoms with Gasteiger partial charge >= 0.3 is 0 Å². The van der Waals surface area contributed by atoms with E-state index in [0.717, 1.165) is 28.5 Å². The van der Waals surface area contributed by atoms with Crippen LogP contribution in [0.4, 0.5) is 5.69 Å². The summed E-state index contributed by atoms with van der Waals surface area (Å²) in [6, 6.07) is 27.8. The number of hydrogen-bond acceptors (Lipinski definition) is 3. The third kappa shape index (κ3) is 4.75. The number of nitrogens with one attached hydrogen (secondary N) is 2. The number of benzene rings is 2. The second-order valence-electron chi connectivity index (χ2n) is 8.98. The third-order valence-corrected chi connectivity index (χ3v) is 6.99. The predicted molar refractivity (Wildman–Crippen MR) is 147 cm³/mol. The van der Waals surface area contributed by atoms with Crippen molar-refractivity contribution >= 4 is 28.9 Å². The lowest BCUT2D eigenvalue weighted by atomic mass is 9.96. The Balaban J connectivity index is 1.47. The Kier molecular flexibility index (Phi) is 6.82. The number of para-hydroxylation sites is 2. The topological polar surface area (TPSA) is 62.2 Å². The first kappa shape index (κ1) is 23.8. The molecular weight excluding hydrogens is 466 g/mol. The maximum absolute atomic E-state index is 12.8. The molecule has 1 aliphatic heterocycles. The Labute approximate surface area is 217 Å². The zero-order valence-electron chi connectivity index (χ0n) is 20.4. The SMILES string of the molecule is Cc1cc([C@H]2[C@H](c3ccccn3)NC(=S)N2CCC(=O)Nc2ccccc2)c(C)n1-c1ccccc1. The molecule has 0 spiro atoms. The van der Waals surface area contributed by atoms with Gasteiger partial charge in [0.05, 0.1) is 17.8 Å². The summed E-state index contributed by atoms with van der Waals surface area (Å²) in [5.41, 5.74) is 6.30. The summed E-state index contributed by atoms with van der Waals surface area (Å²) in [6.45, 7) is 4.76. The van der Waals surface area contributed by atoms with E-state index in [2.05, 4.69) is 69.3 Å². The van der Waals surface area contributed by atoms with Crippen molar-refractivity contribution in [2.24, 2.45) is 0 Å². The molecule has 36 heavy (non-hydrogen) atoms. The van der Waals surface area contributed by atoms with Gasteiger partial charge < -0.3 is 20.1 Å². The molecule has 7 heteroatoms. The zero-order valence-corrected chi connectivity index (χ0v) is 21.2. The van der Waals surface area contributed by atoms with Gasteiger partial charge in [-0.3, -0.25) is 9.78 Å². The molecule has 2 aromatic heterocycles. The quantitative estimate of drug-likeness (QED) is 0.332. The van der Waals surface area contributed by atoms with E-state index in [1.165, 1.54) is 5.56 Å². The fourth-order valence-corrected chi connectivity index (χ4v) is 5.35. The molecule has 0 bridgehead atoms. The molecule has 2 N–H and O–H groups in total. The zero-order chi connectivity index (χ0) is 25.1.